The highest BCUT2D eigenvalue weighted by atomic mass is 32.1. The molecule has 0 aliphatic carbocycles. The van der Waals surface area contributed by atoms with Crippen LogP contribution in [0.3, 0.4) is 0 Å². The average molecular weight is 433 g/mol. The summed E-state index contributed by atoms with van der Waals surface area (Å²) in [5, 5.41) is 6.79. The summed E-state index contributed by atoms with van der Waals surface area (Å²) >= 11 is 1.51. The zero-order valence-corrected chi connectivity index (χ0v) is 17.6. The number of anilines is 2. The summed E-state index contributed by atoms with van der Waals surface area (Å²) in [6.45, 7) is 2.71. The zero-order chi connectivity index (χ0) is 21.2. The maximum absolute atomic E-state index is 13.4. The molecule has 0 unspecified atom stereocenters. The first-order valence-electron chi connectivity index (χ1n) is 10.2. The van der Waals surface area contributed by atoms with Gasteiger partial charge in [0.15, 0.2) is 0 Å². The number of para-hydroxylation sites is 1. The van der Waals surface area contributed by atoms with E-state index in [9.17, 15) is 9.18 Å². The topological polar surface area (TPSA) is 48.5 Å². The van der Waals surface area contributed by atoms with Crippen molar-refractivity contribution in [3.05, 3.63) is 77.9 Å². The minimum Gasteiger partial charge on any atom is -0.353 e. The third kappa shape index (κ3) is 4.09. The number of fused-ring (bicyclic) bond motifs is 1. The van der Waals surface area contributed by atoms with Gasteiger partial charge in [-0.05, 0) is 47.3 Å². The number of pyridine rings is 1. The molecule has 0 spiro atoms. The fourth-order valence-corrected chi connectivity index (χ4v) is 4.46. The maximum Gasteiger partial charge on any atom is 0.322 e. The van der Waals surface area contributed by atoms with Crippen LogP contribution in [0.1, 0.15) is 0 Å². The number of thiophene rings is 1. The fourth-order valence-electron chi connectivity index (χ4n) is 3.85. The number of rotatable bonds is 3. The van der Waals surface area contributed by atoms with Crippen molar-refractivity contribution in [2.75, 3.05) is 36.4 Å². The Bertz CT molecular complexity index is 1200. The Kier molecular flexibility index (Phi) is 5.26. The van der Waals surface area contributed by atoms with Gasteiger partial charge in [-0.3, -0.25) is 5.32 Å². The quantitative estimate of drug-likeness (QED) is 0.468. The Morgan fingerprint density at radius 3 is 2.48 bits per heavy atom. The Morgan fingerprint density at radius 2 is 1.74 bits per heavy atom. The van der Waals surface area contributed by atoms with Gasteiger partial charge >= 0.3 is 6.03 Å². The third-order valence-electron chi connectivity index (χ3n) is 5.50. The number of benzene rings is 2. The smallest absolute Gasteiger partial charge is 0.322 e. The van der Waals surface area contributed by atoms with Crippen molar-refractivity contribution in [3.63, 3.8) is 0 Å². The van der Waals surface area contributed by atoms with Gasteiger partial charge in [-0.15, -0.1) is 11.3 Å². The van der Waals surface area contributed by atoms with Crippen LogP contribution in [0, 0.1) is 5.82 Å². The summed E-state index contributed by atoms with van der Waals surface area (Å²) in [6, 6.07) is 20.4. The second kappa shape index (κ2) is 8.35. The monoisotopic (exact) mass is 432 g/mol. The van der Waals surface area contributed by atoms with Crippen molar-refractivity contribution < 1.29 is 9.18 Å². The highest BCUT2D eigenvalue weighted by molar-refractivity contribution is 7.14. The molecular formula is C24H21FN4OS. The first-order valence-corrected chi connectivity index (χ1v) is 11.1. The van der Waals surface area contributed by atoms with Gasteiger partial charge in [-0.1, -0.05) is 30.3 Å². The summed E-state index contributed by atoms with van der Waals surface area (Å²) in [7, 11) is 0. The van der Waals surface area contributed by atoms with Gasteiger partial charge in [-0.25, -0.2) is 14.2 Å². The molecule has 2 amide bonds. The van der Waals surface area contributed by atoms with Gasteiger partial charge < -0.3 is 9.80 Å². The van der Waals surface area contributed by atoms with E-state index in [-0.39, 0.29) is 11.8 Å². The molecular weight excluding hydrogens is 411 g/mol. The number of piperazine rings is 1. The summed E-state index contributed by atoms with van der Waals surface area (Å²) < 4.78 is 13.4. The van der Waals surface area contributed by atoms with Crippen LogP contribution >= 0.6 is 11.3 Å². The largest absolute Gasteiger partial charge is 0.353 e. The zero-order valence-electron chi connectivity index (χ0n) is 16.8. The number of urea groups is 1. The van der Waals surface area contributed by atoms with E-state index in [1.807, 2.05) is 46.7 Å². The number of hydrogen-bond donors (Lipinski definition) is 1. The molecule has 2 aromatic carbocycles. The van der Waals surface area contributed by atoms with Crippen molar-refractivity contribution in [1.29, 1.82) is 0 Å². The van der Waals surface area contributed by atoms with Gasteiger partial charge in [0.25, 0.3) is 0 Å². The Morgan fingerprint density at radius 1 is 0.935 bits per heavy atom. The van der Waals surface area contributed by atoms with E-state index in [1.54, 1.807) is 12.1 Å². The number of aromatic nitrogens is 1. The van der Waals surface area contributed by atoms with E-state index < -0.39 is 0 Å². The number of hydrogen-bond acceptors (Lipinski definition) is 4. The maximum atomic E-state index is 13.4. The number of carbonyl (C=O) groups excluding carboxylic acids is 1. The second-order valence-electron chi connectivity index (χ2n) is 7.44. The van der Waals surface area contributed by atoms with Crippen LogP contribution in [-0.4, -0.2) is 42.1 Å². The van der Waals surface area contributed by atoms with Crippen LogP contribution in [0.15, 0.2) is 72.1 Å². The van der Waals surface area contributed by atoms with E-state index in [2.05, 4.69) is 16.3 Å². The number of halogens is 1. The number of amides is 2. The minimum absolute atomic E-state index is 0.0628. The van der Waals surface area contributed by atoms with Crippen molar-refractivity contribution in [2.24, 2.45) is 0 Å². The molecule has 31 heavy (non-hydrogen) atoms. The first-order chi connectivity index (χ1) is 15.2. The molecule has 156 valence electrons. The predicted octanol–water partition coefficient (Wildman–Crippen LogP) is 5.46. The lowest BCUT2D eigenvalue weighted by Crippen LogP contribution is -2.50. The number of nitrogens with one attached hydrogen (secondary N) is 1. The van der Waals surface area contributed by atoms with E-state index in [0.29, 0.717) is 13.1 Å². The second-order valence-corrected chi connectivity index (χ2v) is 8.38. The molecule has 0 atom stereocenters. The van der Waals surface area contributed by atoms with E-state index >= 15 is 0 Å². The molecule has 3 heterocycles. The molecule has 7 heteroatoms. The normalized spacial score (nSPS) is 14.1. The standard InChI is InChI=1S/C24H21FN4OS/c25-19-9-6-17(7-10-19)20-4-1-3-18-8-11-21(26-23(18)20)28-12-14-29(15-13-28)24(30)27-22-5-2-16-31-22/h1-11,16H,12-15H2,(H,27,30). The van der Waals surface area contributed by atoms with Crippen LogP contribution in [0.2, 0.25) is 0 Å². The number of nitrogens with zero attached hydrogens (tertiary/aromatic N) is 3. The Labute approximate surface area is 183 Å². The first kappa shape index (κ1) is 19.5. The molecule has 4 aromatic rings. The van der Waals surface area contributed by atoms with E-state index in [0.717, 1.165) is 45.9 Å². The van der Waals surface area contributed by atoms with Crippen molar-refractivity contribution >= 4 is 39.1 Å². The highest BCUT2D eigenvalue weighted by Crippen LogP contribution is 2.29. The molecule has 1 fully saturated rings. The molecule has 0 bridgehead atoms. The van der Waals surface area contributed by atoms with Crippen LogP contribution in [-0.2, 0) is 0 Å². The summed E-state index contributed by atoms with van der Waals surface area (Å²) in [6.07, 6.45) is 0. The van der Waals surface area contributed by atoms with E-state index in [4.69, 9.17) is 4.98 Å². The summed E-state index contributed by atoms with van der Waals surface area (Å²) in [4.78, 5) is 21.5. The molecule has 0 saturated carbocycles. The molecule has 2 aromatic heterocycles. The van der Waals surface area contributed by atoms with Crippen molar-refractivity contribution in [1.82, 2.24) is 9.88 Å². The van der Waals surface area contributed by atoms with Gasteiger partial charge in [0.2, 0.25) is 0 Å². The summed E-state index contributed by atoms with van der Waals surface area (Å²) in [5.41, 5.74) is 2.81. The molecule has 1 N–H and O–H groups in total. The Balaban J connectivity index is 1.34. The highest BCUT2D eigenvalue weighted by Gasteiger charge is 2.22. The van der Waals surface area contributed by atoms with Gasteiger partial charge in [0.1, 0.15) is 11.6 Å². The molecule has 1 aliphatic heterocycles. The lowest BCUT2D eigenvalue weighted by atomic mass is 10.0. The van der Waals surface area contributed by atoms with E-state index in [1.165, 1.54) is 23.5 Å². The van der Waals surface area contributed by atoms with Crippen molar-refractivity contribution in [2.45, 2.75) is 0 Å². The third-order valence-corrected chi connectivity index (χ3v) is 6.29. The van der Waals surface area contributed by atoms with Crippen LogP contribution in [0.5, 0.6) is 0 Å². The lowest BCUT2D eigenvalue weighted by Gasteiger charge is -2.35. The molecule has 0 radical (unpaired) electrons. The van der Waals surface area contributed by atoms with Gasteiger partial charge in [0, 0.05) is 37.1 Å². The Hall–Kier alpha value is -3.45. The minimum atomic E-state index is -0.251. The SMILES string of the molecule is O=C(Nc1cccs1)N1CCN(c2ccc3cccc(-c4ccc(F)cc4)c3n2)CC1. The van der Waals surface area contributed by atoms with Gasteiger partial charge in [0.05, 0.1) is 10.5 Å². The van der Waals surface area contributed by atoms with Crippen LogP contribution in [0.4, 0.5) is 20.0 Å². The average Bonchev–Trinajstić information content (AvgIpc) is 3.32. The molecule has 5 rings (SSSR count). The number of carbonyl (C=O) groups is 1. The fraction of sp³-hybridized carbons (Fsp3) is 0.167. The predicted molar refractivity (Wildman–Crippen MR) is 124 cm³/mol. The lowest BCUT2D eigenvalue weighted by molar-refractivity contribution is 0.208. The van der Waals surface area contributed by atoms with Crippen LogP contribution in [0.25, 0.3) is 22.0 Å². The molecule has 1 aliphatic rings. The summed E-state index contributed by atoms with van der Waals surface area (Å²) in [5.74, 6) is 0.638. The van der Waals surface area contributed by atoms with Crippen molar-refractivity contribution in [3.8, 4) is 11.1 Å². The molecule has 5 nitrogen and oxygen atoms in total. The van der Waals surface area contributed by atoms with Gasteiger partial charge in [-0.2, -0.15) is 0 Å². The van der Waals surface area contributed by atoms with Crippen LogP contribution < -0.4 is 10.2 Å². The molecule has 1 saturated heterocycles.